The van der Waals surface area contributed by atoms with Crippen molar-refractivity contribution < 1.29 is 4.43 Å². The first kappa shape index (κ1) is 19.4. The van der Waals surface area contributed by atoms with Gasteiger partial charge >= 0.3 is 0 Å². The minimum absolute atomic E-state index is 0.0594. The van der Waals surface area contributed by atoms with E-state index in [1.807, 2.05) is 0 Å². The van der Waals surface area contributed by atoms with Crippen LogP contribution < -0.4 is 10.4 Å². The van der Waals surface area contributed by atoms with Crippen molar-refractivity contribution in [1.29, 1.82) is 0 Å². The van der Waals surface area contributed by atoms with Crippen molar-refractivity contribution in [2.75, 3.05) is 11.9 Å². The van der Waals surface area contributed by atoms with Crippen LogP contribution >= 0.6 is 15.9 Å². The largest absolute Gasteiger partial charge is 0.407 e. The molecule has 0 N–H and O–H groups in total. The summed E-state index contributed by atoms with van der Waals surface area (Å²) in [4.78, 5) is 0. The van der Waals surface area contributed by atoms with Crippen LogP contribution in [0.1, 0.15) is 34.1 Å². The van der Waals surface area contributed by atoms with Crippen LogP contribution in [-0.2, 0) is 4.43 Å². The molecule has 2 aromatic carbocycles. The summed E-state index contributed by atoms with van der Waals surface area (Å²) in [6, 6.07) is 21.7. The van der Waals surface area contributed by atoms with Crippen molar-refractivity contribution in [2.45, 2.75) is 39.2 Å². The van der Waals surface area contributed by atoms with Gasteiger partial charge in [-0.2, -0.15) is 0 Å². The molecule has 0 aliphatic rings. The smallest absolute Gasteiger partial charge is 0.261 e. The standard InChI is InChI=1S/C21H29BrOSi/c1-18(15-16-22)17-23-24(21(2,3)4,19-11-7-5-8-12-19)20-13-9-6-10-14-20/h5-14,18H,15-17H2,1-4H3/t18-/m1/s1. The van der Waals surface area contributed by atoms with Gasteiger partial charge < -0.3 is 4.43 Å². The molecule has 2 rings (SSSR count). The summed E-state index contributed by atoms with van der Waals surface area (Å²) in [7, 11) is -2.36. The van der Waals surface area contributed by atoms with Crippen LogP contribution in [0.5, 0.6) is 0 Å². The van der Waals surface area contributed by atoms with Gasteiger partial charge in [-0.25, -0.2) is 0 Å². The van der Waals surface area contributed by atoms with Gasteiger partial charge in [-0.05, 0) is 27.8 Å². The molecule has 0 fully saturated rings. The molecular formula is C21H29BrOSi. The molecular weight excluding hydrogens is 376 g/mol. The normalized spacial score (nSPS) is 13.7. The van der Waals surface area contributed by atoms with Gasteiger partial charge in [0.15, 0.2) is 0 Å². The van der Waals surface area contributed by atoms with Gasteiger partial charge in [0.1, 0.15) is 0 Å². The molecule has 0 spiro atoms. The minimum atomic E-state index is -2.36. The zero-order chi connectivity index (χ0) is 17.6. The predicted octanol–water partition coefficient (Wildman–Crippen LogP) is 4.98. The summed E-state index contributed by atoms with van der Waals surface area (Å²) >= 11 is 3.56. The molecule has 0 unspecified atom stereocenters. The molecule has 2 aromatic rings. The van der Waals surface area contributed by atoms with Crippen molar-refractivity contribution in [2.24, 2.45) is 5.92 Å². The maximum atomic E-state index is 6.90. The van der Waals surface area contributed by atoms with Crippen molar-refractivity contribution in [3.05, 3.63) is 60.7 Å². The Morgan fingerprint density at radius 2 is 1.38 bits per heavy atom. The lowest BCUT2D eigenvalue weighted by Crippen LogP contribution is -2.66. The lowest BCUT2D eigenvalue weighted by Gasteiger charge is -2.43. The first-order valence-corrected chi connectivity index (χ1v) is 11.8. The summed E-state index contributed by atoms with van der Waals surface area (Å²) in [6.07, 6.45) is 1.14. The Hall–Kier alpha value is -0.903. The van der Waals surface area contributed by atoms with E-state index in [9.17, 15) is 0 Å². The van der Waals surface area contributed by atoms with Crippen LogP contribution in [-0.4, -0.2) is 20.3 Å². The Kier molecular flexibility index (Phi) is 6.85. The van der Waals surface area contributed by atoms with Crippen LogP contribution in [0, 0.1) is 5.92 Å². The second-order valence-corrected chi connectivity index (χ2v) is 12.7. The second-order valence-electron chi connectivity index (χ2n) is 7.56. The van der Waals surface area contributed by atoms with Crippen LogP contribution in [0.15, 0.2) is 60.7 Å². The molecule has 1 atom stereocenters. The zero-order valence-corrected chi connectivity index (χ0v) is 17.8. The third kappa shape index (κ3) is 4.19. The van der Waals surface area contributed by atoms with Gasteiger partial charge in [0.2, 0.25) is 0 Å². The Bertz CT molecular complexity index is 567. The van der Waals surface area contributed by atoms with Crippen LogP contribution in [0.4, 0.5) is 0 Å². The van der Waals surface area contributed by atoms with E-state index in [4.69, 9.17) is 4.43 Å². The van der Waals surface area contributed by atoms with Gasteiger partial charge in [0, 0.05) is 11.9 Å². The number of hydrogen-bond acceptors (Lipinski definition) is 1. The van der Waals surface area contributed by atoms with Crippen molar-refractivity contribution >= 4 is 34.6 Å². The molecule has 3 heteroatoms. The minimum Gasteiger partial charge on any atom is -0.407 e. The molecule has 24 heavy (non-hydrogen) atoms. The first-order chi connectivity index (χ1) is 11.4. The molecule has 1 nitrogen and oxygen atoms in total. The van der Waals surface area contributed by atoms with Crippen LogP contribution in [0.3, 0.4) is 0 Å². The van der Waals surface area contributed by atoms with Gasteiger partial charge in [0.05, 0.1) is 0 Å². The average Bonchev–Trinajstić information content (AvgIpc) is 2.56. The maximum absolute atomic E-state index is 6.90. The second kappa shape index (κ2) is 8.46. The molecule has 0 aliphatic carbocycles. The first-order valence-electron chi connectivity index (χ1n) is 8.73. The molecule has 0 saturated carbocycles. The number of benzene rings is 2. The summed E-state index contributed by atoms with van der Waals surface area (Å²) < 4.78 is 6.90. The monoisotopic (exact) mass is 404 g/mol. The quantitative estimate of drug-likeness (QED) is 0.466. The number of hydrogen-bond donors (Lipinski definition) is 0. The highest BCUT2D eigenvalue weighted by Crippen LogP contribution is 2.37. The number of alkyl halides is 1. The van der Waals surface area contributed by atoms with Gasteiger partial charge in [-0.1, -0.05) is 104 Å². The fraction of sp³-hybridized carbons (Fsp3) is 0.429. The van der Waals surface area contributed by atoms with E-state index in [1.54, 1.807) is 0 Å². The third-order valence-electron chi connectivity index (χ3n) is 4.60. The molecule has 0 bridgehead atoms. The molecule has 0 saturated heterocycles. The lowest BCUT2D eigenvalue weighted by atomic mass is 10.1. The summed E-state index contributed by atoms with van der Waals surface area (Å²) in [5.41, 5.74) is 0. The molecule has 0 amide bonds. The number of rotatable bonds is 7. The van der Waals surface area contributed by atoms with Gasteiger partial charge in [0.25, 0.3) is 8.32 Å². The third-order valence-corrected chi connectivity index (χ3v) is 10.1. The Morgan fingerprint density at radius 3 is 1.75 bits per heavy atom. The predicted molar refractivity (Wildman–Crippen MR) is 111 cm³/mol. The highest BCUT2D eigenvalue weighted by Gasteiger charge is 2.50. The van der Waals surface area contributed by atoms with Crippen molar-refractivity contribution in [3.8, 4) is 0 Å². The van der Waals surface area contributed by atoms with Crippen molar-refractivity contribution in [3.63, 3.8) is 0 Å². The summed E-state index contributed by atoms with van der Waals surface area (Å²) in [5, 5.41) is 3.80. The van der Waals surface area contributed by atoms with E-state index in [2.05, 4.69) is 104 Å². The summed E-state index contributed by atoms with van der Waals surface area (Å²) in [6.45, 7) is 10.1. The molecule has 0 aliphatic heterocycles. The van der Waals surface area contributed by atoms with E-state index in [0.717, 1.165) is 18.4 Å². The maximum Gasteiger partial charge on any atom is 0.261 e. The molecule has 0 radical (unpaired) electrons. The molecule has 0 aromatic heterocycles. The Morgan fingerprint density at radius 1 is 0.917 bits per heavy atom. The topological polar surface area (TPSA) is 9.23 Å². The Balaban J connectivity index is 2.53. The average molecular weight is 405 g/mol. The summed E-state index contributed by atoms with van der Waals surface area (Å²) in [5.74, 6) is 0.547. The van der Waals surface area contributed by atoms with E-state index in [1.165, 1.54) is 10.4 Å². The molecule has 0 heterocycles. The van der Waals surface area contributed by atoms with Crippen LogP contribution in [0.2, 0.25) is 5.04 Å². The van der Waals surface area contributed by atoms with Gasteiger partial charge in [-0.15, -0.1) is 0 Å². The number of halogens is 1. The van der Waals surface area contributed by atoms with E-state index in [-0.39, 0.29) is 5.04 Å². The zero-order valence-electron chi connectivity index (χ0n) is 15.3. The fourth-order valence-corrected chi connectivity index (χ4v) is 8.77. The van der Waals surface area contributed by atoms with Crippen molar-refractivity contribution in [1.82, 2.24) is 0 Å². The van der Waals surface area contributed by atoms with Crippen LogP contribution in [0.25, 0.3) is 0 Å². The van der Waals surface area contributed by atoms with E-state index < -0.39 is 8.32 Å². The van der Waals surface area contributed by atoms with E-state index >= 15 is 0 Å². The molecule has 130 valence electrons. The SMILES string of the molecule is C[C@H](CCBr)CO[Si](c1ccccc1)(c1ccccc1)C(C)(C)C. The lowest BCUT2D eigenvalue weighted by molar-refractivity contribution is 0.243. The Labute approximate surface area is 156 Å². The highest BCUT2D eigenvalue weighted by atomic mass is 79.9. The van der Waals surface area contributed by atoms with Gasteiger partial charge in [-0.3, -0.25) is 0 Å². The fourth-order valence-electron chi connectivity index (χ4n) is 3.30. The highest BCUT2D eigenvalue weighted by molar-refractivity contribution is 9.09. The van der Waals surface area contributed by atoms with E-state index in [0.29, 0.717) is 5.92 Å².